The van der Waals surface area contributed by atoms with Crippen molar-refractivity contribution in [3.63, 3.8) is 0 Å². The number of carbonyl (C=O) groups is 1. The monoisotopic (exact) mass is 483 g/mol. The van der Waals surface area contributed by atoms with Crippen molar-refractivity contribution in [3.05, 3.63) is 51.4 Å². The number of nitrogens with one attached hydrogen (secondary N) is 2. The van der Waals surface area contributed by atoms with Gasteiger partial charge in [0.15, 0.2) is 11.9 Å². The number of alkyl halides is 3. The summed E-state index contributed by atoms with van der Waals surface area (Å²) in [6.45, 7) is 0.448. The van der Waals surface area contributed by atoms with Gasteiger partial charge in [-0.15, -0.1) is 0 Å². The molecule has 3 aromatic heterocycles. The maximum absolute atomic E-state index is 15.6. The summed E-state index contributed by atoms with van der Waals surface area (Å²) < 4.78 is 60.0. The lowest BCUT2D eigenvalue weighted by Gasteiger charge is -2.20. The molecule has 3 N–H and O–H groups in total. The normalized spacial score (nSPS) is 15.9. The van der Waals surface area contributed by atoms with Crippen molar-refractivity contribution in [3.8, 4) is 23.0 Å². The fourth-order valence-electron chi connectivity index (χ4n) is 4.10. The van der Waals surface area contributed by atoms with Gasteiger partial charge in [-0.2, -0.15) is 18.2 Å². The van der Waals surface area contributed by atoms with E-state index in [0.29, 0.717) is 60.1 Å². The lowest BCUT2D eigenvalue weighted by molar-refractivity contribution is -0.207. The highest BCUT2D eigenvalue weighted by molar-refractivity contribution is 6.28. The number of aryl methyl sites for hydroxylation is 1. The maximum atomic E-state index is 15.6. The first-order chi connectivity index (χ1) is 15.6. The quantitative estimate of drug-likeness (QED) is 0.388. The zero-order chi connectivity index (χ0) is 23.5. The maximum Gasteiger partial charge on any atom is 0.418 e. The number of nitrogens with zero attached hydrogens (tertiary/aromatic N) is 3. The van der Waals surface area contributed by atoms with E-state index < -0.39 is 40.7 Å². The number of aromatic amines is 1. The molecule has 4 heterocycles. The number of ether oxygens (including phenoxy) is 1. The molecular weight excluding hydrogens is 470 g/mol. The molecule has 13 heteroatoms. The minimum absolute atomic E-state index is 0.113. The molecular formula is C20H14ClF4N5O3. The third-order valence-electron chi connectivity index (χ3n) is 5.58. The van der Waals surface area contributed by atoms with Gasteiger partial charge < -0.3 is 20.1 Å². The SMILES string of the molecule is O=C1NCCc2[nH]c3c(c21)CCc1cnc(Oc2nc(Cl)ncc2C(O)C(F)(F)F)c(F)c1-3. The van der Waals surface area contributed by atoms with Crippen LogP contribution in [0.4, 0.5) is 17.6 Å². The number of hydrogen-bond donors (Lipinski definition) is 3. The molecule has 1 aliphatic carbocycles. The van der Waals surface area contributed by atoms with Crippen LogP contribution in [0.2, 0.25) is 5.28 Å². The zero-order valence-corrected chi connectivity index (χ0v) is 17.3. The van der Waals surface area contributed by atoms with Gasteiger partial charge in [-0.05, 0) is 35.6 Å². The molecule has 1 atom stereocenters. The Hall–Kier alpha value is -3.25. The standard InChI is InChI=1S/C20H14ClF4N5O3/c21-19-28-6-9(15(31)20(23,24)25)17(30-19)33-18-13(22)11-7(5-27-18)1-2-8-12-10(29-14(8)11)3-4-26-16(12)32/h5-6,15,29,31H,1-4H2,(H,26,32). The molecule has 0 radical (unpaired) electrons. The number of fused-ring (bicyclic) bond motifs is 5. The van der Waals surface area contributed by atoms with E-state index in [1.165, 1.54) is 6.20 Å². The van der Waals surface area contributed by atoms with Crippen LogP contribution in [0.3, 0.4) is 0 Å². The average Bonchev–Trinajstić information content (AvgIpc) is 3.14. The largest absolute Gasteiger partial charge is 0.418 e. The molecule has 2 aliphatic rings. The van der Waals surface area contributed by atoms with Gasteiger partial charge in [-0.1, -0.05) is 0 Å². The summed E-state index contributed by atoms with van der Waals surface area (Å²) in [5.41, 5.74) is 2.04. The Labute approximate surface area is 188 Å². The number of halogens is 5. The van der Waals surface area contributed by atoms with Crippen molar-refractivity contribution in [1.82, 2.24) is 25.3 Å². The van der Waals surface area contributed by atoms with E-state index >= 15 is 4.39 Å². The van der Waals surface area contributed by atoms with Gasteiger partial charge in [0.2, 0.25) is 11.2 Å². The highest BCUT2D eigenvalue weighted by Crippen LogP contribution is 2.42. The highest BCUT2D eigenvalue weighted by atomic mass is 35.5. The Morgan fingerprint density at radius 2 is 1.91 bits per heavy atom. The van der Waals surface area contributed by atoms with Crippen molar-refractivity contribution in [1.29, 1.82) is 0 Å². The first-order valence-corrected chi connectivity index (χ1v) is 10.2. The number of aliphatic hydroxyl groups excluding tert-OH is 1. The van der Waals surface area contributed by atoms with Crippen molar-refractivity contribution >= 4 is 17.5 Å². The fraction of sp³-hybridized carbons (Fsp3) is 0.300. The zero-order valence-electron chi connectivity index (χ0n) is 16.6. The Bertz CT molecular complexity index is 1290. The Balaban J connectivity index is 1.60. The van der Waals surface area contributed by atoms with Crippen LogP contribution in [-0.4, -0.2) is 43.7 Å². The summed E-state index contributed by atoms with van der Waals surface area (Å²) in [7, 11) is 0. The van der Waals surface area contributed by atoms with Crippen LogP contribution in [-0.2, 0) is 19.3 Å². The molecule has 5 rings (SSSR count). The van der Waals surface area contributed by atoms with E-state index in [1.54, 1.807) is 0 Å². The van der Waals surface area contributed by atoms with Crippen molar-refractivity contribution in [2.75, 3.05) is 6.54 Å². The molecule has 1 aliphatic heterocycles. The summed E-state index contributed by atoms with van der Waals surface area (Å²) in [5, 5.41) is 11.9. The summed E-state index contributed by atoms with van der Waals surface area (Å²) >= 11 is 5.67. The number of hydrogen-bond acceptors (Lipinski definition) is 6. The second-order valence-electron chi connectivity index (χ2n) is 7.56. The van der Waals surface area contributed by atoms with Gasteiger partial charge in [0.05, 0.1) is 16.8 Å². The number of carbonyl (C=O) groups excluding carboxylic acids is 1. The van der Waals surface area contributed by atoms with Crippen molar-refractivity contribution < 1.29 is 32.2 Å². The second kappa shape index (κ2) is 7.66. The molecule has 1 unspecified atom stereocenters. The number of aliphatic hydroxyl groups is 1. The van der Waals surface area contributed by atoms with Gasteiger partial charge in [0, 0.05) is 36.6 Å². The molecule has 0 spiro atoms. The highest BCUT2D eigenvalue weighted by Gasteiger charge is 2.42. The molecule has 0 fully saturated rings. The molecule has 0 saturated carbocycles. The first kappa shape index (κ1) is 21.6. The van der Waals surface area contributed by atoms with E-state index in [4.69, 9.17) is 16.3 Å². The lowest BCUT2D eigenvalue weighted by Crippen LogP contribution is -2.32. The van der Waals surface area contributed by atoms with Gasteiger partial charge in [-0.25, -0.2) is 14.4 Å². The van der Waals surface area contributed by atoms with Gasteiger partial charge >= 0.3 is 6.18 Å². The second-order valence-corrected chi connectivity index (χ2v) is 7.90. The Morgan fingerprint density at radius 3 is 2.67 bits per heavy atom. The summed E-state index contributed by atoms with van der Waals surface area (Å²) in [6.07, 6.45) is -4.58. The predicted molar refractivity (Wildman–Crippen MR) is 106 cm³/mol. The van der Waals surface area contributed by atoms with Crippen LogP contribution in [0.15, 0.2) is 12.4 Å². The Morgan fingerprint density at radius 1 is 1.12 bits per heavy atom. The predicted octanol–water partition coefficient (Wildman–Crippen LogP) is 3.43. The van der Waals surface area contributed by atoms with Crippen LogP contribution in [0.25, 0.3) is 11.3 Å². The third kappa shape index (κ3) is 3.59. The molecule has 33 heavy (non-hydrogen) atoms. The smallest absolute Gasteiger partial charge is 0.417 e. The molecule has 0 saturated heterocycles. The van der Waals surface area contributed by atoms with Gasteiger partial charge in [0.25, 0.3) is 11.8 Å². The molecule has 0 aromatic carbocycles. The van der Waals surface area contributed by atoms with Gasteiger partial charge in [-0.3, -0.25) is 4.79 Å². The molecule has 0 bridgehead atoms. The Kier molecular flexibility index (Phi) is 5.01. The average molecular weight is 484 g/mol. The molecule has 172 valence electrons. The fourth-order valence-corrected chi connectivity index (χ4v) is 4.22. The van der Waals surface area contributed by atoms with E-state index in [1.807, 2.05) is 0 Å². The van der Waals surface area contributed by atoms with E-state index in [9.17, 15) is 23.1 Å². The van der Waals surface area contributed by atoms with E-state index in [-0.39, 0.29) is 11.5 Å². The molecule has 8 nitrogen and oxygen atoms in total. The minimum Gasteiger partial charge on any atom is -0.417 e. The lowest BCUT2D eigenvalue weighted by atomic mass is 9.88. The minimum atomic E-state index is -5.05. The third-order valence-corrected chi connectivity index (χ3v) is 5.76. The van der Waals surface area contributed by atoms with Gasteiger partial charge in [0.1, 0.15) is 0 Å². The number of H-pyrrole nitrogens is 1. The van der Waals surface area contributed by atoms with Crippen LogP contribution >= 0.6 is 11.6 Å². The van der Waals surface area contributed by atoms with E-state index in [2.05, 4.69) is 25.3 Å². The number of pyridine rings is 1. The number of amides is 1. The van der Waals surface area contributed by atoms with Crippen LogP contribution in [0, 0.1) is 5.82 Å². The number of rotatable bonds is 3. The topological polar surface area (TPSA) is 113 Å². The van der Waals surface area contributed by atoms with E-state index in [0.717, 1.165) is 0 Å². The molecule has 1 amide bonds. The summed E-state index contributed by atoms with van der Waals surface area (Å²) in [5.74, 6) is -2.64. The first-order valence-electron chi connectivity index (χ1n) is 9.80. The molecule has 3 aromatic rings. The number of aromatic nitrogens is 4. The summed E-state index contributed by atoms with van der Waals surface area (Å²) in [6, 6.07) is 0. The summed E-state index contributed by atoms with van der Waals surface area (Å²) in [4.78, 5) is 26.3. The van der Waals surface area contributed by atoms with Crippen LogP contribution < -0.4 is 10.1 Å². The van der Waals surface area contributed by atoms with Crippen molar-refractivity contribution in [2.24, 2.45) is 0 Å². The van der Waals surface area contributed by atoms with Crippen molar-refractivity contribution in [2.45, 2.75) is 31.5 Å². The van der Waals surface area contributed by atoms with Crippen LogP contribution in [0.1, 0.15) is 38.8 Å². The van der Waals surface area contributed by atoms with Crippen LogP contribution in [0.5, 0.6) is 11.8 Å².